The monoisotopic (exact) mass is 294 g/mol. The van der Waals surface area contributed by atoms with E-state index in [-0.39, 0.29) is 18.3 Å². The van der Waals surface area contributed by atoms with Crippen LogP contribution in [0.2, 0.25) is 0 Å². The molecule has 0 fully saturated rings. The molecule has 0 saturated heterocycles. The summed E-state index contributed by atoms with van der Waals surface area (Å²) in [6.07, 6.45) is 0.366. The van der Waals surface area contributed by atoms with E-state index in [1.165, 1.54) is 0 Å². The molecule has 2 aromatic rings. The van der Waals surface area contributed by atoms with E-state index in [1.807, 2.05) is 30.3 Å². The van der Waals surface area contributed by atoms with E-state index in [0.29, 0.717) is 19.5 Å². The van der Waals surface area contributed by atoms with Crippen LogP contribution in [0.15, 0.2) is 36.4 Å². The minimum Gasteiger partial charge on any atom is -0.497 e. The van der Waals surface area contributed by atoms with Crippen LogP contribution in [0.5, 0.6) is 5.75 Å². The minimum absolute atomic E-state index is 0. The molecule has 2 rings (SSSR count). The molecule has 0 aromatic heterocycles. The van der Waals surface area contributed by atoms with Gasteiger partial charge in [-0.1, -0.05) is 18.2 Å². The van der Waals surface area contributed by atoms with Crippen molar-refractivity contribution in [2.75, 3.05) is 13.7 Å². The number of amides is 1. The predicted octanol–water partition coefficient (Wildman–Crippen LogP) is 2.24. The van der Waals surface area contributed by atoms with Crippen molar-refractivity contribution in [3.05, 3.63) is 42.0 Å². The Labute approximate surface area is 124 Å². The first-order valence-corrected chi connectivity index (χ1v) is 6.26. The third kappa shape index (κ3) is 4.11. The number of carbonyl (C=O) groups is 1. The van der Waals surface area contributed by atoms with Crippen LogP contribution in [0.4, 0.5) is 0 Å². The molecular weight excluding hydrogens is 276 g/mol. The van der Waals surface area contributed by atoms with Crippen molar-refractivity contribution in [2.24, 2.45) is 5.73 Å². The van der Waals surface area contributed by atoms with Crippen LogP contribution in [0.3, 0.4) is 0 Å². The fourth-order valence-electron chi connectivity index (χ4n) is 1.93. The average Bonchev–Trinajstić information content (AvgIpc) is 2.44. The second kappa shape index (κ2) is 7.72. The first kappa shape index (κ1) is 16.3. The number of benzene rings is 2. The fourth-order valence-corrected chi connectivity index (χ4v) is 1.93. The second-order valence-corrected chi connectivity index (χ2v) is 4.36. The summed E-state index contributed by atoms with van der Waals surface area (Å²) < 4.78 is 5.19. The number of fused-ring (bicyclic) bond motifs is 1. The largest absolute Gasteiger partial charge is 0.497 e. The molecule has 0 saturated carbocycles. The Morgan fingerprint density at radius 1 is 1.20 bits per heavy atom. The summed E-state index contributed by atoms with van der Waals surface area (Å²) in [6.45, 7) is 0.907. The molecule has 4 nitrogen and oxygen atoms in total. The molecule has 0 radical (unpaired) electrons. The van der Waals surface area contributed by atoms with E-state index in [9.17, 15) is 4.79 Å². The van der Waals surface area contributed by atoms with Gasteiger partial charge in [0.1, 0.15) is 5.75 Å². The van der Waals surface area contributed by atoms with E-state index in [2.05, 4.69) is 11.4 Å². The molecule has 0 bridgehead atoms. The number of nitrogens with one attached hydrogen (secondary N) is 1. The van der Waals surface area contributed by atoms with Crippen LogP contribution >= 0.6 is 12.4 Å². The Morgan fingerprint density at radius 2 is 1.90 bits per heavy atom. The van der Waals surface area contributed by atoms with Gasteiger partial charge < -0.3 is 15.8 Å². The van der Waals surface area contributed by atoms with Crippen molar-refractivity contribution in [2.45, 2.75) is 13.0 Å². The Balaban J connectivity index is 0.00000200. The molecular formula is C15H19ClN2O2. The first-order valence-electron chi connectivity index (χ1n) is 6.26. The van der Waals surface area contributed by atoms with Crippen molar-refractivity contribution in [1.82, 2.24) is 5.32 Å². The molecule has 0 aliphatic rings. The summed E-state index contributed by atoms with van der Waals surface area (Å²) in [6, 6.07) is 12.0. The van der Waals surface area contributed by atoms with Crippen LogP contribution in [0.25, 0.3) is 10.8 Å². The minimum atomic E-state index is -0.0164. The highest BCUT2D eigenvalue weighted by molar-refractivity contribution is 5.85. The topological polar surface area (TPSA) is 64.3 Å². The van der Waals surface area contributed by atoms with Gasteiger partial charge in [-0.2, -0.15) is 0 Å². The van der Waals surface area contributed by atoms with Gasteiger partial charge in [-0.15, -0.1) is 12.4 Å². The molecule has 2 aromatic carbocycles. The van der Waals surface area contributed by atoms with E-state index < -0.39 is 0 Å². The van der Waals surface area contributed by atoms with Crippen molar-refractivity contribution in [3.8, 4) is 5.75 Å². The SMILES string of the molecule is COc1ccc2cc(CNC(=O)CCN)ccc2c1.Cl. The zero-order valence-corrected chi connectivity index (χ0v) is 12.2. The highest BCUT2D eigenvalue weighted by atomic mass is 35.5. The Hall–Kier alpha value is -1.78. The van der Waals surface area contributed by atoms with E-state index >= 15 is 0 Å². The second-order valence-electron chi connectivity index (χ2n) is 4.36. The lowest BCUT2D eigenvalue weighted by Gasteiger charge is -2.07. The summed E-state index contributed by atoms with van der Waals surface area (Å²) in [7, 11) is 1.66. The number of rotatable bonds is 5. The number of hydrogen-bond acceptors (Lipinski definition) is 3. The zero-order chi connectivity index (χ0) is 13.7. The highest BCUT2D eigenvalue weighted by Crippen LogP contribution is 2.21. The summed E-state index contributed by atoms with van der Waals surface area (Å²) in [4.78, 5) is 11.4. The van der Waals surface area contributed by atoms with Gasteiger partial charge in [0.15, 0.2) is 0 Å². The summed E-state index contributed by atoms with van der Waals surface area (Å²) in [5.74, 6) is 0.828. The molecule has 0 aliphatic carbocycles. The van der Waals surface area contributed by atoms with Gasteiger partial charge in [-0.05, 0) is 34.5 Å². The summed E-state index contributed by atoms with van der Waals surface area (Å²) >= 11 is 0. The van der Waals surface area contributed by atoms with Gasteiger partial charge in [0.2, 0.25) is 5.91 Å². The van der Waals surface area contributed by atoms with Crippen molar-refractivity contribution < 1.29 is 9.53 Å². The molecule has 0 spiro atoms. The summed E-state index contributed by atoms with van der Waals surface area (Å²) in [5, 5.41) is 5.10. The number of nitrogens with two attached hydrogens (primary N) is 1. The van der Waals surface area contributed by atoms with Gasteiger partial charge in [0.25, 0.3) is 0 Å². The van der Waals surface area contributed by atoms with Gasteiger partial charge in [-0.25, -0.2) is 0 Å². The molecule has 0 heterocycles. The molecule has 5 heteroatoms. The molecule has 1 amide bonds. The smallest absolute Gasteiger partial charge is 0.221 e. The fraction of sp³-hybridized carbons (Fsp3) is 0.267. The molecule has 0 aliphatic heterocycles. The summed E-state index contributed by atoms with van der Waals surface area (Å²) in [5.41, 5.74) is 6.40. The first-order chi connectivity index (χ1) is 9.22. The van der Waals surface area contributed by atoms with Gasteiger partial charge in [-0.3, -0.25) is 4.79 Å². The zero-order valence-electron chi connectivity index (χ0n) is 11.4. The van der Waals surface area contributed by atoms with Gasteiger partial charge in [0, 0.05) is 19.5 Å². The Bertz CT molecular complexity index is 587. The molecule has 3 N–H and O–H groups in total. The lowest BCUT2D eigenvalue weighted by atomic mass is 10.1. The number of hydrogen-bond donors (Lipinski definition) is 2. The van der Waals surface area contributed by atoms with Crippen molar-refractivity contribution in [3.63, 3.8) is 0 Å². The van der Waals surface area contributed by atoms with E-state index in [4.69, 9.17) is 10.5 Å². The van der Waals surface area contributed by atoms with Crippen molar-refractivity contribution >= 4 is 29.1 Å². The molecule has 20 heavy (non-hydrogen) atoms. The maximum absolute atomic E-state index is 11.4. The molecule has 0 unspecified atom stereocenters. The van der Waals surface area contributed by atoms with Crippen LogP contribution in [-0.4, -0.2) is 19.6 Å². The number of halogens is 1. The normalized spacial score (nSPS) is 9.90. The maximum atomic E-state index is 11.4. The van der Waals surface area contributed by atoms with Crippen LogP contribution in [0.1, 0.15) is 12.0 Å². The molecule has 0 atom stereocenters. The third-order valence-corrected chi connectivity index (χ3v) is 2.97. The van der Waals surface area contributed by atoms with Crippen LogP contribution < -0.4 is 15.8 Å². The number of methoxy groups -OCH3 is 1. The lowest BCUT2D eigenvalue weighted by molar-refractivity contribution is -0.121. The quantitative estimate of drug-likeness (QED) is 0.889. The molecule has 108 valence electrons. The van der Waals surface area contributed by atoms with Crippen LogP contribution in [-0.2, 0) is 11.3 Å². The standard InChI is InChI=1S/C15H18N2O2.ClH/c1-19-14-5-4-12-8-11(2-3-13(12)9-14)10-17-15(18)6-7-16;/h2-5,8-9H,6-7,10,16H2,1H3,(H,17,18);1H. The maximum Gasteiger partial charge on any atom is 0.221 e. The number of carbonyl (C=O) groups excluding carboxylic acids is 1. The Kier molecular flexibility index (Phi) is 6.28. The third-order valence-electron chi connectivity index (χ3n) is 2.97. The van der Waals surface area contributed by atoms with Gasteiger partial charge in [0.05, 0.1) is 7.11 Å². The predicted molar refractivity (Wildman–Crippen MR) is 83.3 cm³/mol. The van der Waals surface area contributed by atoms with E-state index in [0.717, 1.165) is 22.1 Å². The number of ether oxygens (including phenoxy) is 1. The Morgan fingerprint density at radius 3 is 2.60 bits per heavy atom. The average molecular weight is 295 g/mol. The van der Waals surface area contributed by atoms with Gasteiger partial charge >= 0.3 is 0 Å². The lowest BCUT2D eigenvalue weighted by Crippen LogP contribution is -2.24. The highest BCUT2D eigenvalue weighted by Gasteiger charge is 2.01. The van der Waals surface area contributed by atoms with E-state index in [1.54, 1.807) is 7.11 Å². The van der Waals surface area contributed by atoms with Crippen LogP contribution in [0, 0.1) is 0 Å². The van der Waals surface area contributed by atoms with Crippen molar-refractivity contribution in [1.29, 1.82) is 0 Å².